The summed E-state index contributed by atoms with van der Waals surface area (Å²) in [4.78, 5) is 23.0. The molecular weight excluding hydrogens is 333 g/mol. The number of nitrogens with one attached hydrogen (secondary N) is 1. The molecule has 0 saturated carbocycles. The molecule has 0 radical (unpaired) electrons. The highest BCUT2D eigenvalue weighted by molar-refractivity contribution is 8.56. The summed E-state index contributed by atoms with van der Waals surface area (Å²) in [6.07, 6.45) is 1.82. The summed E-state index contributed by atoms with van der Waals surface area (Å²) in [6, 6.07) is -1.04. The normalized spacial score (nSPS) is 14.5. The third-order valence-corrected chi connectivity index (χ3v) is 6.54. The van der Waals surface area contributed by atoms with Crippen molar-refractivity contribution in [2.24, 2.45) is 0 Å². The fourth-order valence-electron chi connectivity index (χ4n) is 1.23. The summed E-state index contributed by atoms with van der Waals surface area (Å²) in [7, 11) is 1.22. The van der Waals surface area contributed by atoms with Crippen LogP contribution in [0.1, 0.15) is 13.8 Å². The molecule has 0 heterocycles. The van der Waals surface area contributed by atoms with Crippen molar-refractivity contribution in [1.82, 2.24) is 9.99 Å². The van der Waals surface area contributed by atoms with Gasteiger partial charge in [-0.05, 0) is 13.8 Å². The molecular formula is C11H20N3O6PS. The molecule has 0 aromatic heterocycles. The van der Waals surface area contributed by atoms with Gasteiger partial charge >= 0.3 is 18.7 Å². The molecule has 2 N–H and O–H groups in total. The van der Waals surface area contributed by atoms with Crippen molar-refractivity contribution in [3.63, 3.8) is 0 Å². The number of carboxylic acid groups (broad SMARTS) is 1. The zero-order chi connectivity index (χ0) is 17.2. The minimum Gasteiger partial charge on any atom is -0.480 e. The van der Waals surface area contributed by atoms with E-state index in [1.54, 1.807) is 6.92 Å². The Hall–Kier alpha value is -1.27. The number of rotatable bonds is 11. The van der Waals surface area contributed by atoms with Crippen LogP contribution in [0.5, 0.6) is 0 Å². The van der Waals surface area contributed by atoms with Crippen molar-refractivity contribution >= 4 is 30.0 Å². The van der Waals surface area contributed by atoms with E-state index >= 15 is 0 Å². The molecule has 0 rings (SSSR count). The number of nitrogens with zero attached hydrogens (tertiary/aromatic N) is 2. The molecule has 126 valence electrons. The van der Waals surface area contributed by atoms with Gasteiger partial charge in [0.05, 0.1) is 13.7 Å². The van der Waals surface area contributed by atoms with Crippen molar-refractivity contribution in [2.75, 3.05) is 32.6 Å². The van der Waals surface area contributed by atoms with Gasteiger partial charge in [0.25, 0.3) is 0 Å². The molecule has 0 aliphatic carbocycles. The Morgan fingerprint density at radius 2 is 2.18 bits per heavy atom. The second-order valence-corrected chi connectivity index (χ2v) is 8.43. The van der Waals surface area contributed by atoms with E-state index in [0.717, 1.165) is 16.3 Å². The highest BCUT2D eigenvalue weighted by Crippen LogP contribution is 2.56. The Morgan fingerprint density at radius 3 is 2.64 bits per heavy atom. The number of ether oxygens (including phenoxy) is 1. The smallest absolute Gasteiger partial charge is 0.327 e. The Bertz CT molecular complexity index is 469. The number of esters is 1. The van der Waals surface area contributed by atoms with Gasteiger partial charge < -0.3 is 14.4 Å². The number of hydrogen-bond acceptors (Lipinski definition) is 8. The fourth-order valence-corrected chi connectivity index (χ4v) is 5.12. The molecule has 11 heteroatoms. The maximum Gasteiger partial charge on any atom is 0.327 e. The van der Waals surface area contributed by atoms with E-state index in [-0.39, 0.29) is 25.4 Å². The number of carbonyl (C=O) groups is 2. The third-order valence-electron chi connectivity index (χ3n) is 2.33. The molecule has 0 aromatic carbocycles. The van der Waals surface area contributed by atoms with Crippen molar-refractivity contribution in [1.29, 1.82) is 5.26 Å². The van der Waals surface area contributed by atoms with E-state index in [0.29, 0.717) is 0 Å². The van der Waals surface area contributed by atoms with Gasteiger partial charge in [-0.3, -0.25) is 19.1 Å². The summed E-state index contributed by atoms with van der Waals surface area (Å²) in [5.74, 6) is -1.50. The maximum atomic E-state index is 12.4. The van der Waals surface area contributed by atoms with Crippen molar-refractivity contribution < 1.29 is 28.5 Å². The van der Waals surface area contributed by atoms with Gasteiger partial charge in [-0.25, -0.2) is 5.09 Å². The average Bonchev–Trinajstić information content (AvgIpc) is 2.45. The molecule has 0 aliphatic heterocycles. The Labute approximate surface area is 133 Å². The van der Waals surface area contributed by atoms with Crippen LogP contribution < -0.4 is 5.09 Å². The van der Waals surface area contributed by atoms with E-state index in [1.807, 2.05) is 6.19 Å². The number of methoxy groups -OCH3 is 1. The molecule has 0 spiro atoms. The van der Waals surface area contributed by atoms with Gasteiger partial charge in [-0.15, -0.1) is 0 Å². The van der Waals surface area contributed by atoms with Gasteiger partial charge in [0.1, 0.15) is 12.6 Å². The SMILES string of the molecule is CCO[P@](=O)(NC(C)C(=O)O)SCCN(C#N)CC(=O)OC. The first-order valence-electron chi connectivity index (χ1n) is 6.39. The van der Waals surface area contributed by atoms with Crippen LogP contribution >= 0.6 is 18.1 Å². The molecule has 0 aromatic rings. The monoisotopic (exact) mass is 353 g/mol. The van der Waals surface area contributed by atoms with Crippen LogP contribution in [0.4, 0.5) is 0 Å². The topological polar surface area (TPSA) is 129 Å². The van der Waals surface area contributed by atoms with E-state index < -0.39 is 24.7 Å². The first-order valence-corrected chi connectivity index (χ1v) is 9.60. The van der Waals surface area contributed by atoms with Crippen LogP contribution in [-0.4, -0.2) is 60.5 Å². The number of carbonyl (C=O) groups excluding carboxylic acids is 1. The van der Waals surface area contributed by atoms with Gasteiger partial charge in [-0.2, -0.15) is 5.26 Å². The highest BCUT2D eigenvalue weighted by atomic mass is 32.7. The van der Waals surface area contributed by atoms with Crippen LogP contribution in [-0.2, 0) is 23.4 Å². The Morgan fingerprint density at radius 1 is 1.55 bits per heavy atom. The van der Waals surface area contributed by atoms with E-state index in [4.69, 9.17) is 14.9 Å². The number of nitriles is 1. The molecule has 0 bridgehead atoms. The Kier molecular flexibility index (Phi) is 9.85. The largest absolute Gasteiger partial charge is 0.480 e. The van der Waals surface area contributed by atoms with Crippen LogP contribution in [0.2, 0.25) is 0 Å². The molecule has 0 saturated heterocycles. The predicted molar refractivity (Wildman–Crippen MR) is 81.1 cm³/mol. The summed E-state index contributed by atoms with van der Waals surface area (Å²) in [5, 5.41) is 20.2. The first kappa shape index (κ1) is 20.7. The molecule has 0 amide bonds. The molecule has 9 nitrogen and oxygen atoms in total. The molecule has 2 atom stereocenters. The van der Waals surface area contributed by atoms with E-state index in [9.17, 15) is 14.2 Å². The lowest BCUT2D eigenvalue weighted by Crippen LogP contribution is -2.32. The number of aliphatic carboxylic acids is 1. The predicted octanol–water partition coefficient (Wildman–Crippen LogP) is 0.883. The van der Waals surface area contributed by atoms with E-state index in [1.165, 1.54) is 14.0 Å². The lowest BCUT2D eigenvalue weighted by molar-refractivity contribution is -0.141. The van der Waals surface area contributed by atoms with Crippen LogP contribution in [0, 0.1) is 11.5 Å². The lowest BCUT2D eigenvalue weighted by Gasteiger charge is -2.21. The molecule has 22 heavy (non-hydrogen) atoms. The Balaban J connectivity index is 4.52. The molecule has 1 unspecified atom stereocenters. The van der Waals surface area contributed by atoms with Crippen LogP contribution in [0.3, 0.4) is 0 Å². The second kappa shape index (κ2) is 10.5. The van der Waals surface area contributed by atoms with Gasteiger partial charge in [0, 0.05) is 12.3 Å². The zero-order valence-corrected chi connectivity index (χ0v) is 14.4. The zero-order valence-electron chi connectivity index (χ0n) is 12.6. The fraction of sp³-hybridized carbons (Fsp3) is 0.727. The minimum atomic E-state index is -3.40. The highest BCUT2D eigenvalue weighted by Gasteiger charge is 2.28. The standard InChI is InChI=1S/C11H20N3O6PS/c1-4-20-21(18,13-9(2)11(16)17)22-6-5-14(8-12)7-10(15)19-3/h9H,4-7H2,1-3H3,(H,13,18)(H,16,17)/t9?,21-/m1/s1. The van der Waals surface area contributed by atoms with Crippen LogP contribution in [0.25, 0.3) is 0 Å². The summed E-state index contributed by atoms with van der Waals surface area (Å²) in [5.41, 5.74) is 0. The summed E-state index contributed by atoms with van der Waals surface area (Å²) in [6.45, 7) is -0.318. The van der Waals surface area contributed by atoms with Gasteiger partial charge in [0.15, 0.2) is 6.19 Å². The first-order chi connectivity index (χ1) is 10.3. The number of hydrogen-bond donors (Lipinski definition) is 2. The molecule has 0 fully saturated rings. The van der Waals surface area contributed by atoms with Gasteiger partial charge in [0.2, 0.25) is 0 Å². The average molecular weight is 353 g/mol. The van der Waals surface area contributed by atoms with Crippen LogP contribution in [0.15, 0.2) is 0 Å². The quantitative estimate of drug-likeness (QED) is 0.239. The van der Waals surface area contributed by atoms with E-state index in [2.05, 4.69) is 9.82 Å². The van der Waals surface area contributed by atoms with Crippen molar-refractivity contribution in [3.8, 4) is 6.19 Å². The van der Waals surface area contributed by atoms with Crippen molar-refractivity contribution in [2.45, 2.75) is 19.9 Å². The maximum absolute atomic E-state index is 12.4. The van der Waals surface area contributed by atoms with Gasteiger partial charge in [-0.1, -0.05) is 11.4 Å². The van der Waals surface area contributed by atoms with Crippen molar-refractivity contribution in [3.05, 3.63) is 0 Å². The number of carboxylic acids is 1. The summed E-state index contributed by atoms with van der Waals surface area (Å²) < 4.78 is 22.0. The molecule has 0 aliphatic rings. The summed E-state index contributed by atoms with van der Waals surface area (Å²) >= 11 is 0.887. The second-order valence-electron chi connectivity index (χ2n) is 4.04. The minimum absolute atomic E-state index is 0.147. The third kappa shape index (κ3) is 8.24. The lowest BCUT2D eigenvalue weighted by atomic mass is 10.4.